The Bertz CT molecular complexity index is 709. The molecule has 0 amide bonds. The summed E-state index contributed by atoms with van der Waals surface area (Å²) in [6, 6.07) is 3.47. The third-order valence-corrected chi connectivity index (χ3v) is 4.09. The third-order valence-electron chi connectivity index (χ3n) is 3.85. The predicted molar refractivity (Wildman–Crippen MR) is 81.5 cm³/mol. The van der Waals surface area contributed by atoms with E-state index in [-0.39, 0.29) is 12.0 Å². The Balaban J connectivity index is 2.13. The van der Waals surface area contributed by atoms with Gasteiger partial charge in [-0.15, -0.1) is 11.6 Å². The normalized spacial score (nSPS) is 17.3. The average Bonchev–Trinajstić information content (AvgIpc) is 2.85. The van der Waals surface area contributed by atoms with Crippen molar-refractivity contribution in [2.45, 2.75) is 24.9 Å². The molecule has 0 saturated carbocycles. The molecule has 1 aliphatic rings. The molecule has 0 N–H and O–H groups in total. The van der Waals surface area contributed by atoms with Gasteiger partial charge >= 0.3 is 5.97 Å². The topological polar surface area (TPSA) is 62.6 Å². The molecule has 0 aliphatic carbocycles. The summed E-state index contributed by atoms with van der Waals surface area (Å²) in [5, 5.41) is 0. The highest BCUT2D eigenvalue weighted by Gasteiger charge is 2.23. The van der Waals surface area contributed by atoms with Crippen LogP contribution >= 0.6 is 11.6 Å². The lowest BCUT2D eigenvalue weighted by atomic mass is 10.1. The molecule has 0 radical (unpaired) electrons. The first-order valence-corrected chi connectivity index (χ1v) is 7.54. The Hall–Kier alpha value is -1.79. The number of nitrogens with zero attached hydrogens (tertiary/aromatic N) is 2. The van der Waals surface area contributed by atoms with Gasteiger partial charge in [-0.25, -0.2) is 9.78 Å². The van der Waals surface area contributed by atoms with Gasteiger partial charge in [-0.2, -0.15) is 0 Å². The Labute approximate surface area is 132 Å². The summed E-state index contributed by atoms with van der Waals surface area (Å²) in [4.78, 5) is 16.5. The average molecular weight is 325 g/mol. The lowest BCUT2D eigenvalue weighted by Gasteiger charge is -2.27. The SMILES string of the molecule is COC(=O)c1cc2c(cc1OC)nc(CCl)n2C[C@@H]1CCO1. The van der Waals surface area contributed by atoms with Gasteiger partial charge < -0.3 is 18.8 Å². The fourth-order valence-electron chi connectivity index (χ4n) is 2.58. The standard InChI is InChI=1S/C15H17ClN2O4/c1-20-13-6-11-12(5-10(13)15(19)21-2)18(14(7-16)17-11)8-9-3-4-22-9/h5-6,9H,3-4,7-8H2,1-2H3/t9-/m0/s1. The number of methoxy groups -OCH3 is 2. The molecule has 2 heterocycles. The van der Waals surface area contributed by atoms with Crippen LogP contribution in [-0.2, 0) is 21.9 Å². The van der Waals surface area contributed by atoms with Crippen molar-refractivity contribution in [1.29, 1.82) is 0 Å². The molecule has 1 aliphatic heterocycles. The Kier molecular flexibility index (Phi) is 4.22. The quantitative estimate of drug-likeness (QED) is 0.624. The van der Waals surface area contributed by atoms with Gasteiger partial charge in [0.2, 0.25) is 0 Å². The van der Waals surface area contributed by atoms with Crippen LogP contribution < -0.4 is 4.74 Å². The zero-order chi connectivity index (χ0) is 15.7. The van der Waals surface area contributed by atoms with E-state index < -0.39 is 5.97 Å². The number of benzene rings is 1. The van der Waals surface area contributed by atoms with Gasteiger partial charge in [0.15, 0.2) is 0 Å². The minimum Gasteiger partial charge on any atom is -0.496 e. The van der Waals surface area contributed by atoms with Gasteiger partial charge in [0.05, 0.1) is 43.8 Å². The minimum atomic E-state index is -0.446. The van der Waals surface area contributed by atoms with Crippen LogP contribution in [0.3, 0.4) is 0 Å². The van der Waals surface area contributed by atoms with Crippen LogP contribution in [0.1, 0.15) is 22.6 Å². The van der Waals surface area contributed by atoms with E-state index in [1.54, 1.807) is 12.1 Å². The Morgan fingerprint density at radius 1 is 1.50 bits per heavy atom. The van der Waals surface area contributed by atoms with Gasteiger partial charge in [0.25, 0.3) is 0 Å². The molecule has 1 fully saturated rings. The zero-order valence-electron chi connectivity index (χ0n) is 12.5. The number of hydrogen-bond donors (Lipinski definition) is 0. The summed E-state index contributed by atoms with van der Waals surface area (Å²) < 4.78 is 17.6. The monoisotopic (exact) mass is 324 g/mol. The number of hydrogen-bond acceptors (Lipinski definition) is 5. The van der Waals surface area contributed by atoms with Crippen molar-refractivity contribution < 1.29 is 19.0 Å². The number of alkyl halides is 1. The summed E-state index contributed by atoms with van der Waals surface area (Å²) in [6.45, 7) is 1.46. The highest BCUT2D eigenvalue weighted by Crippen LogP contribution is 2.29. The first-order chi connectivity index (χ1) is 10.7. The molecule has 0 unspecified atom stereocenters. The summed E-state index contributed by atoms with van der Waals surface area (Å²) in [5.41, 5.74) is 1.93. The van der Waals surface area contributed by atoms with E-state index in [9.17, 15) is 4.79 Å². The molecule has 6 nitrogen and oxygen atoms in total. The highest BCUT2D eigenvalue weighted by molar-refractivity contribution is 6.16. The number of imidazole rings is 1. The molecule has 1 saturated heterocycles. The molecule has 3 rings (SSSR count). The van der Waals surface area contributed by atoms with Gasteiger partial charge in [-0.3, -0.25) is 0 Å². The number of rotatable bonds is 5. The fraction of sp³-hybridized carbons (Fsp3) is 0.467. The maximum Gasteiger partial charge on any atom is 0.341 e. The van der Waals surface area contributed by atoms with Gasteiger partial charge in [-0.05, 0) is 12.5 Å². The van der Waals surface area contributed by atoms with Crippen molar-refractivity contribution in [2.75, 3.05) is 20.8 Å². The maximum atomic E-state index is 11.9. The van der Waals surface area contributed by atoms with Crippen LogP contribution in [0.4, 0.5) is 0 Å². The highest BCUT2D eigenvalue weighted by atomic mass is 35.5. The molecular formula is C15H17ClN2O4. The van der Waals surface area contributed by atoms with Crippen LogP contribution in [0.2, 0.25) is 0 Å². The fourth-order valence-corrected chi connectivity index (χ4v) is 2.78. The lowest BCUT2D eigenvalue weighted by Crippen LogP contribution is -2.31. The van der Waals surface area contributed by atoms with Gasteiger partial charge in [0, 0.05) is 12.7 Å². The zero-order valence-corrected chi connectivity index (χ0v) is 13.2. The Morgan fingerprint density at radius 3 is 2.82 bits per heavy atom. The molecular weight excluding hydrogens is 308 g/mol. The molecule has 1 atom stereocenters. The molecule has 2 aromatic rings. The number of aromatic nitrogens is 2. The van der Waals surface area contributed by atoms with Crippen molar-refractivity contribution in [3.63, 3.8) is 0 Å². The Morgan fingerprint density at radius 2 is 2.27 bits per heavy atom. The van der Waals surface area contributed by atoms with E-state index in [1.807, 2.05) is 4.57 Å². The molecule has 1 aromatic heterocycles. The van der Waals surface area contributed by atoms with Crippen molar-refractivity contribution >= 4 is 28.6 Å². The van der Waals surface area contributed by atoms with Crippen LogP contribution in [0.25, 0.3) is 11.0 Å². The number of halogens is 1. The largest absolute Gasteiger partial charge is 0.496 e. The van der Waals surface area contributed by atoms with Crippen molar-refractivity contribution in [2.24, 2.45) is 0 Å². The number of carbonyl (C=O) groups excluding carboxylic acids is 1. The van der Waals surface area contributed by atoms with Crippen molar-refractivity contribution in [3.05, 3.63) is 23.5 Å². The number of carbonyl (C=O) groups is 1. The van der Waals surface area contributed by atoms with E-state index in [1.165, 1.54) is 14.2 Å². The van der Waals surface area contributed by atoms with Crippen LogP contribution in [0.15, 0.2) is 12.1 Å². The van der Waals surface area contributed by atoms with Crippen molar-refractivity contribution in [3.8, 4) is 5.75 Å². The summed E-state index contributed by atoms with van der Waals surface area (Å²) in [7, 11) is 2.85. The lowest BCUT2D eigenvalue weighted by molar-refractivity contribution is -0.0589. The van der Waals surface area contributed by atoms with Gasteiger partial charge in [-0.1, -0.05) is 0 Å². The first-order valence-electron chi connectivity index (χ1n) is 7.01. The van der Waals surface area contributed by atoms with Crippen LogP contribution in [0.5, 0.6) is 5.75 Å². The summed E-state index contributed by atoms with van der Waals surface area (Å²) in [5.74, 6) is 1.03. The summed E-state index contributed by atoms with van der Waals surface area (Å²) in [6.07, 6.45) is 1.18. The van der Waals surface area contributed by atoms with E-state index in [0.29, 0.717) is 17.9 Å². The van der Waals surface area contributed by atoms with Gasteiger partial charge in [0.1, 0.15) is 17.1 Å². The van der Waals surface area contributed by atoms with E-state index in [4.69, 9.17) is 25.8 Å². The molecule has 0 spiro atoms. The van der Waals surface area contributed by atoms with Crippen LogP contribution in [0, 0.1) is 0 Å². The molecule has 1 aromatic carbocycles. The molecule has 118 valence electrons. The molecule has 7 heteroatoms. The first kappa shape index (κ1) is 15.1. The number of ether oxygens (including phenoxy) is 3. The molecule has 0 bridgehead atoms. The predicted octanol–water partition coefficient (Wildman–Crippen LogP) is 2.36. The summed E-state index contributed by atoms with van der Waals surface area (Å²) >= 11 is 6.00. The minimum absolute atomic E-state index is 0.169. The smallest absolute Gasteiger partial charge is 0.341 e. The third kappa shape index (κ3) is 2.53. The number of esters is 1. The second-order valence-corrected chi connectivity index (χ2v) is 5.35. The van der Waals surface area contributed by atoms with Crippen molar-refractivity contribution in [1.82, 2.24) is 9.55 Å². The van der Waals surface area contributed by atoms with E-state index in [0.717, 1.165) is 29.9 Å². The number of fused-ring (bicyclic) bond motifs is 1. The second-order valence-electron chi connectivity index (χ2n) is 5.09. The van der Waals surface area contributed by atoms with Crippen LogP contribution in [-0.4, -0.2) is 42.5 Å². The maximum absolute atomic E-state index is 11.9. The van der Waals surface area contributed by atoms with E-state index in [2.05, 4.69) is 4.98 Å². The molecule has 22 heavy (non-hydrogen) atoms. The second kappa shape index (κ2) is 6.14. The van der Waals surface area contributed by atoms with E-state index >= 15 is 0 Å².